The zero-order chi connectivity index (χ0) is 12.1. The first-order valence-corrected chi connectivity index (χ1v) is 5.45. The second-order valence-electron chi connectivity index (χ2n) is 3.93. The molecule has 4 heteroatoms. The van der Waals surface area contributed by atoms with Crippen LogP contribution in [0.25, 0.3) is 0 Å². The Balaban J connectivity index is 2.73. The fraction of sp³-hybridized carbons (Fsp3) is 0.500. The first-order chi connectivity index (χ1) is 7.54. The molecule has 90 valence electrons. The molecular weight excluding hydrogens is 215 g/mol. The summed E-state index contributed by atoms with van der Waals surface area (Å²) >= 11 is 0. The molecule has 0 fully saturated rings. The summed E-state index contributed by atoms with van der Waals surface area (Å²) in [5, 5.41) is 2.72. The molecule has 1 nitrogen and oxygen atoms in total. The van der Waals surface area contributed by atoms with Crippen molar-refractivity contribution in [1.82, 2.24) is 0 Å². The molecular formula is C12H16F3N. The third kappa shape index (κ3) is 3.43. The Morgan fingerprint density at radius 2 is 1.75 bits per heavy atom. The van der Waals surface area contributed by atoms with Gasteiger partial charge in [0, 0.05) is 18.2 Å². The molecule has 0 aliphatic heterocycles. The van der Waals surface area contributed by atoms with Crippen molar-refractivity contribution in [1.29, 1.82) is 0 Å². The fourth-order valence-corrected chi connectivity index (χ4v) is 1.51. The molecule has 0 aliphatic rings. The number of benzene rings is 1. The maximum atomic E-state index is 13.3. The second-order valence-corrected chi connectivity index (χ2v) is 3.93. The van der Waals surface area contributed by atoms with Crippen molar-refractivity contribution in [2.24, 2.45) is 0 Å². The van der Waals surface area contributed by atoms with Crippen molar-refractivity contribution in [2.45, 2.75) is 39.2 Å². The molecule has 1 atom stereocenters. The van der Waals surface area contributed by atoms with Crippen LogP contribution in [0.4, 0.5) is 18.9 Å². The van der Waals surface area contributed by atoms with Gasteiger partial charge in [-0.25, -0.2) is 13.2 Å². The van der Waals surface area contributed by atoms with E-state index in [1.54, 1.807) is 0 Å². The Morgan fingerprint density at radius 3 is 2.25 bits per heavy atom. The Morgan fingerprint density at radius 1 is 1.19 bits per heavy atom. The van der Waals surface area contributed by atoms with Gasteiger partial charge in [0.15, 0.2) is 11.6 Å². The van der Waals surface area contributed by atoms with Crippen molar-refractivity contribution < 1.29 is 13.2 Å². The highest BCUT2D eigenvalue weighted by Gasteiger charge is 2.13. The molecule has 1 unspecified atom stereocenters. The van der Waals surface area contributed by atoms with Gasteiger partial charge in [-0.3, -0.25) is 0 Å². The average Bonchev–Trinajstić information content (AvgIpc) is 2.20. The van der Waals surface area contributed by atoms with Gasteiger partial charge in [0.1, 0.15) is 11.5 Å². The van der Waals surface area contributed by atoms with Gasteiger partial charge in [-0.2, -0.15) is 0 Å². The molecule has 0 saturated carbocycles. The van der Waals surface area contributed by atoms with Gasteiger partial charge >= 0.3 is 0 Å². The zero-order valence-corrected chi connectivity index (χ0v) is 9.49. The van der Waals surface area contributed by atoms with Crippen LogP contribution in [0.5, 0.6) is 0 Å². The predicted octanol–water partition coefficient (Wildman–Crippen LogP) is 4.09. The van der Waals surface area contributed by atoms with Crippen LogP contribution in [-0.2, 0) is 0 Å². The third-order valence-corrected chi connectivity index (χ3v) is 2.39. The summed E-state index contributed by atoms with van der Waals surface area (Å²) in [5.41, 5.74) is -0.245. The molecule has 1 aromatic carbocycles. The number of nitrogens with one attached hydrogen (secondary N) is 1. The Kier molecular flexibility index (Phi) is 4.65. The lowest BCUT2D eigenvalue weighted by molar-refractivity contribution is 0.541. The molecule has 0 saturated heterocycles. The first-order valence-electron chi connectivity index (χ1n) is 5.45. The normalized spacial score (nSPS) is 12.6. The van der Waals surface area contributed by atoms with Gasteiger partial charge < -0.3 is 5.32 Å². The van der Waals surface area contributed by atoms with Gasteiger partial charge in [-0.15, -0.1) is 0 Å². The Bertz CT molecular complexity index is 329. The first kappa shape index (κ1) is 12.9. The van der Waals surface area contributed by atoms with E-state index in [2.05, 4.69) is 5.32 Å². The van der Waals surface area contributed by atoms with E-state index in [0.29, 0.717) is 12.1 Å². The van der Waals surface area contributed by atoms with E-state index >= 15 is 0 Å². The summed E-state index contributed by atoms with van der Waals surface area (Å²) in [6.07, 6.45) is 2.84. The molecule has 1 rings (SSSR count). The van der Waals surface area contributed by atoms with Gasteiger partial charge in [0.05, 0.1) is 0 Å². The number of rotatable bonds is 5. The molecule has 0 radical (unpaired) electrons. The predicted molar refractivity (Wildman–Crippen MR) is 58.9 cm³/mol. The SMILES string of the molecule is CCCCC(C)Nc1c(F)cc(F)cc1F. The lowest BCUT2D eigenvalue weighted by atomic mass is 10.1. The minimum Gasteiger partial charge on any atom is -0.378 e. The topological polar surface area (TPSA) is 12.0 Å². The van der Waals surface area contributed by atoms with Crippen LogP contribution in [0, 0.1) is 17.5 Å². The van der Waals surface area contributed by atoms with Crippen molar-refractivity contribution >= 4 is 5.69 Å². The van der Waals surface area contributed by atoms with E-state index in [-0.39, 0.29) is 11.7 Å². The van der Waals surface area contributed by atoms with Crippen molar-refractivity contribution in [3.8, 4) is 0 Å². The van der Waals surface area contributed by atoms with E-state index in [9.17, 15) is 13.2 Å². The van der Waals surface area contributed by atoms with Crippen LogP contribution in [0.3, 0.4) is 0 Å². The van der Waals surface area contributed by atoms with E-state index in [0.717, 1.165) is 19.3 Å². The molecule has 1 N–H and O–H groups in total. The number of hydrogen-bond donors (Lipinski definition) is 1. The van der Waals surface area contributed by atoms with Crippen molar-refractivity contribution in [3.05, 3.63) is 29.6 Å². The highest BCUT2D eigenvalue weighted by atomic mass is 19.1. The Hall–Kier alpha value is -1.19. The third-order valence-electron chi connectivity index (χ3n) is 2.39. The summed E-state index contributed by atoms with van der Waals surface area (Å²) in [6.45, 7) is 3.89. The summed E-state index contributed by atoms with van der Waals surface area (Å²) in [5.74, 6) is -2.68. The number of anilines is 1. The molecule has 0 amide bonds. The number of unbranched alkanes of at least 4 members (excludes halogenated alkanes) is 1. The van der Waals surface area contributed by atoms with Gasteiger partial charge in [-0.1, -0.05) is 19.8 Å². The standard InChI is InChI=1S/C12H16F3N/c1-3-4-5-8(2)16-12-10(14)6-9(13)7-11(12)15/h6-8,16H,3-5H2,1-2H3. The van der Waals surface area contributed by atoms with E-state index in [1.807, 2.05) is 13.8 Å². The summed E-state index contributed by atoms with van der Waals surface area (Å²) in [6, 6.07) is 1.32. The van der Waals surface area contributed by atoms with E-state index in [1.165, 1.54) is 0 Å². The van der Waals surface area contributed by atoms with Crippen LogP contribution >= 0.6 is 0 Å². The second kappa shape index (κ2) is 5.77. The molecule has 0 aromatic heterocycles. The quantitative estimate of drug-likeness (QED) is 0.804. The molecule has 0 aliphatic carbocycles. The van der Waals surface area contributed by atoms with Crippen molar-refractivity contribution in [3.63, 3.8) is 0 Å². The summed E-state index contributed by atoms with van der Waals surface area (Å²) < 4.78 is 39.1. The van der Waals surface area contributed by atoms with Crippen LogP contribution in [0.15, 0.2) is 12.1 Å². The van der Waals surface area contributed by atoms with Crippen LogP contribution in [0.2, 0.25) is 0 Å². The highest BCUT2D eigenvalue weighted by molar-refractivity contribution is 5.47. The maximum absolute atomic E-state index is 13.3. The largest absolute Gasteiger partial charge is 0.378 e. The molecule has 16 heavy (non-hydrogen) atoms. The van der Waals surface area contributed by atoms with Crippen molar-refractivity contribution in [2.75, 3.05) is 5.32 Å². The van der Waals surface area contributed by atoms with Crippen LogP contribution in [0.1, 0.15) is 33.1 Å². The van der Waals surface area contributed by atoms with Gasteiger partial charge in [-0.05, 0) is 13.3 Å². The summed E-state index contributed by atoms with van der Waals surface area (Å²) in [4.78, 5) is 0. The number of hydrogen-bond acceptors (Lipinski definition) is 1. The lowest BCUT2D eigenvalue weighted by Crippen LogP contribution is -2.17. The lowest BCUT2D eigenvalue weighted by Gasteiger charge is -2.16. The smallest absolute Gasteiger partial charge is 0.152 e. The zero-order valence-electron chi connectivity index (χ0n) is 9.49. The van der Waals surface area contributed by atoms with Gasteiger partial charge in [0.25, 0.3) is 0 Å². The maximum Gasteiger partial charge on any atom is 0.152 e. The van der Waals surface area contributed by atoms with E-state index in [4.69, 9.17) is 0 Å². The monoisotopic (exact) mass is 231 g/mol. The molecule has 1 aromatic rings. The minimum absolute atomic E-state index is 0.0330. The summed E-state index contributed by atoms with van der Waals surface area (Å²) in [7, 11) is 0. The minimum atomic E-state index is -0.901. The molecule has 0 heterocycles. The average molecular weight is 231 g/mol. The molecule has 0 spiro atoms. The van der Waals surface area contributed by atoms with E-state index < -0.39 is 17.5 Å². The van der Waals surface area contributed by atoms with Gasteiger partial charge in [0.2, 0.25) is 0 Å². The highest BCUT2D eigenvalue weighted by Crippen LogP contribution is 2.21. The Labute approximate surface area is 93.7 Å². The fourth-order valence-electron chi connectivity index (χ4n) is 1.51. The molecule has 0 bridgehead atoms. The van der Waals surface area contributed by atoms with Crippen LogP contribution in [-0.4, -0.2) is 6.04 Å². The number of halogens is 3. The van der Waals surface area contributed by atoms with Crippen LogP contribution < -0.4 is 5.32 Å².